The van der Waals surface area contributed by atoms with Crippen molar-refractivity contribution in [3.8, 4) is 0 Å². The summed E-state index contributed by atoms with van der Waals surface area (Å²) in [6, 6.07) is 17.2. The molecule has 0 radical (unpaired) electrons. The van der Waals surface area contributed by atoms with E-state index in [9.17, 15) is 9.59 Å². The fraction of sp³-hybridized carbons (Fsp3) is 0.222. The van der Waals surface area contributed by atoms with Crippen molar-refractivity contribution < 1.29 is 9.59 Å². The largest absolute Gasteiger partial charge is 0.357 e. The summed E-state index contributed by atoms with van der Waals surface area (Å²) in [5, 5.41) is 5.34. The van der Waals surface area contributed by atoms with Crippen LogP contribution in [-0.2, 0) is 4.79 Å². The fourth-order valence-corrected chi connectivity index (χ4v) is 3.04. The lowest BCUT2D eigenvalue weighted by atomic mass is 10.0. The molecule has 0 atom stereocenters. The zero-order valence-corrected chi connectivity index (χ0v) is 14.2. The highest BCUT2D eigenvalue weighted by Gasteiger charge is 2.29. The lowest BCUT2D eigenvalue weighted by molar-refractivity contribution is -0.125. The third kappa shape index (κ3) is 4.36. The van der Waals surface area contributed by atoms with E-state index in [2.05, 4.69) is 10.6 Å². The molecule has 2 aromatic rings. The summed E-state index contributed by atoms with van der Waals surface area (Å²) in [5.74, 6) is -0.503. The first-order chi connectivity index (χ1) is 10.9. The Morgan fingerprint density at radius 3 is 2.22 bits per heavy atom. The van der Waals surface area contributed by atoms with Crippen molar-refractivity contribution in [2.45, 2.75) is 29.2 Å². The van der Waals surface area contributed by atoms with Crippen LogP contribution in [0.2, 0.25) is 0 Å². The first-order valence-corrected chi connectivity index (χ1v) is 8.12. The minimum atomic E-state index is -0.976. The molecule has 0 aliphatic heterocycles. The molecule has 5 heteroatoms. The summed E-state index contributed by atoms with van der Waals surface area (Å²) in [4.78, 5) is 26.3. The van der Waals surface area contributed by atoms with Gasteiger partial charge in [0, 0.05) is 16.8 Å². The van der Waals surface area contributed by atoms with Crippen LogP contribution in [0.5, 0.6) is 0 Å². The van der Waals surface area contributed by atoms with Crippen LogP contribution < -0.4 is 10.6 Å². The normalized spacial score (nSPS) is 10.9. The summed E-state index contributed by atoms with van der Waals surface area (Å²) >= 11 is 1.52. The number of amides is 2. The van der Waals surface area contributed by atoms with Gasteiger partial charge in [-0.15, -0.1) is 0 Å². The van der Waals surface area contributed by atoms with Gasteiger partial charge in [0.15, 0.2) is 0 Å². The van der Waals surface area contributed by atoms with Crippen molar-refractivity contribution in [1.82, 2.24) is 10.6 Å². The molecule has 0 aliphatic rings. The Balaban J connectivity index is 2.23. The molecule has 120 valence electrons. The number of benzene rings is 2. The molecule has 4 nitrogen and oxygen atoms in total. The Labute approximate surface area is 140 Å². The van der Waals surface area contributed by atoms with E-state index in [1.165, 1.54) is 11.8 Å². The van der Waals surface area contributed by atoms with Crippen molar-refractivity contribution in [1.29, 1.82) is 0 Å². The molecule has 0 aliphatic carbocycles. The molecule has 2 amide bonds. The number of hydrogen-bond donors (Lipinski definition) is 2. The average Bonchev–Trinajstić information content (AvgIpc) is 2.55. The maximum Gasteiger partial charge on any atom is 0.253 e. The highest BCUT2D eigenvalue weighted by molar-refractivity contribution is 7.99. The van der Waals surface area contributed by atoms with Gasteiger partial charge in [0.25, 0.3) is 5.91 Å². The van der Waals surface area contributed by atoms with E-state index in [1.54, 1.807) is 27.0 Å². The molecular formula is C18H20N2O2S. The molecule has 0 saturated heterocycles. The summed E-state index contributed by atoms with van der Waals surface area (Å²) in [6.45, 7) is 3.35. The minimum Gasteiger partial charge on any atom is -0.357 e. The molecule has 0 spiro atoms. The van der Waals surface area contributed by atoms with Gasteiger partial charge in [-0.05, 0) is 38.1 Å². The minimum absolute atomic E-state index is 0.237. The Kier molecular flexibility index (Phi) is 5.45. The van der Waals surface area contributed by atoms with E-state index in [1.807, 2.05) is 48.5 Å². The molecule has 0 heterocycles. The Morgan fingerprint density at radius 1 is 0.957 bits per heavy atom. The number of carbonyl (C=O) groups is 2. The van der Waals surface area contributed by atoms with Crippen LogP contribution in [0, 0.1) is 0 Å². The predicted molar refractivity (Wildman–Crippen MR) is 92.6 cm³/mol. The first kappa shape index (κ1) is 17.1. The van der Waals surface area contributed by atoms with Crippen molar-refractivity contribution in [3.63, 3.8) is 0 Å². The van der Waals surface area contributed by atoms with Gasteiger partial charge >= 0.3 is 0 Å². The standard InChI is InChI=1S/C18H20N2O2S/c1-18(2,17(22)19-3)20-16(21)14-11-7-8-12-15(14)23-13-9-5-4-6-10-13/h4-12H,1-3H3,(H,19,22)(H,20,21). The molecule has 2 rings (SSSR count). The monoisotopic (exact) mass is 328 g/mol. The third-order valence-electron chi connectivity index (χ3n) is 3.32. The molecular weight excluding hydrogens is 308 g/mol. The highest BCUT2D eigenvalue weighted by Crippen LogP contribution is 2.30. The van der Waals surface area contributed by atoms with Crippen LogP contribution in [0.4, 0.5) is 0 Å². The van der Waals surface area contributed by atoms with Gasteiger partial charge in [-0.3, -0.25) is 9.59 Å². The summed E-state index contributed by atoms with van der Waals surface area (Å²) in [5.41, 5.74) is -0.422. The number of likely N-dealkylation sites (N-methyl/N-ethyl adjacent to an activating group) is 1. The van der Waals surface area contributed by atoms with Crippen LogP contribution in [0.25, 0.3) is 0 Å². The summed E-state index contributed by atoms with van der Waals surface area (Å²) in [6.07, 6.45) is 0. The van der Waals surface area contributed by atoms with Gasteiger partial charge in [0.05, 0.1) is 5.56 Å². The fourth-order valence-electron chi connectivity index (χ4n) is 2.08. The number of rotatable bonds is 5. The molecule has 2 N–H and O–H groups in total. The molecule has 0 fully saturated rings. The lowest BCUT2D eigenvalue weighted by Crippen LogP contribution is -2.54. The first-order valence-electron chi connectivity index (χ1n) is 7.30. The van der Waals surface area contributed by atoms with Crippen molar-refractivity contribution >= 4 is 23.6 Å². The second-order valence-corrected chi connectivity index (χ2v) is 6.68. The van der Waals surface area contributed by atoms with Gasteiger partial charge < -0.3 is 10.6 Å². The average molecular weight is 328 g/mol. The zero-order valence-electron chi connectivity index (χ0n) is 13.4. The van der Waals surface area contributed by atoms with Gasteiger partial charge in [0.1, 0.15) is 5.54 Å². The topological polar surface area (TPSA) is 58.2 Å². The van der Waals surface area contributed by atoms with Crippen molar-refractivity contribution in [2.75, 3.05) is 7.05 Å². The van der Waals surface area contributed by atoms with Gasteiger partial charge in [-0.25, -0.2) is 0 Å². The van der Waals surface area contributed by atoms with E-state index in [0.717, 1.165) is 9.79 Å². The summed E-state index contributed by atoms with van der Waals surface area (Å²) < 4.78 is 0. The second-order valence-electron chi connectivity index (χ2n) is 5.57. The van der Waals surface area contributed by atoms with Crippen LogP contribution >= 0.6 is 11.8 Å². The predicted octanol–water partition coefficient (Wildman–Crippen LogP) is 3.09. The van der Waals surface area contributed by atoms with E-state index >= 15 is 0 Å². The molecule has 2 aromatic carbocycles. The van der Waals surface area contributed by atoms with E-state index in [-0.39, 0.29) is 11.8 Å². The van der Waals surface area contributed by atoms with Gasteiger partial charge in [0.2, 0.25) is 5.91 Å². The van der Waals surface area contributed by atoms with E-state index in [4.69, 9.17) is 0 Å². The molecule has 0 aromatic heterocycles. The van der Waals surface area contributed by atoms with Crippen LogP contribution in [0.1, 0.15) is 24.2 Å². The van der Waals surface area contributed by atoms with Gasteiger partial charge in [-0.1, -0.05) is 42.1 Å². The zero-order chi connectivity index (χ0) is 16.9. The van der Waals surface area contributed by atoms with Crippen molar-refractivity contribution in [3.05, 3.63) is 60.2 Å². The molecule has 0 saturated carbocycles. The third-order valence-corrected chi connectivity index (χ3v) is 4.41. The molecule has 23 heavy (non-hydrogen) atoms. The van der Waals surface area contributed by atoms with E-state index < -0.39 is 5.54 Å². The smallest absolute Gasteiger partial charge is 0.253 e. The Hall–Kier alpha value is -2.27. The van der Waals surface area contributed by atoms with Crippen LogP contribution in [0.15, 0.2) is 64.4 Å². The molecule has 0 unspecified atom stereocenters. The maximum absolute atomic E-state index is 12.6. The SMILES string of the molecule is CNC(=O)C(C)(C)NC(=O)c1ccccc1Sc1ccccc1. The van der Waals surface area contributed by atoms with Crippen LogP contribution in [0.3, 0.4) is 0 Å². The van der Waals surface area contributed by atoms with Crippen molar-refractivity contribution in [2.24, 2.45) is 0 Å². The Bertz CT molecular complexity index is 699. The van der Waals surface area contributed by atoms with E-state index in [0.29, 0.717) is 5.56 Å². The lowest BCUT2D eigenvalue weighted by Gasteiger charge is -2.24. The Morgan fingerprint density at radius 2 is 1.57 bits per heavy atom. The maximum atomic E-state index is 12.6. The number of nitrogens with one attached hydrogen (secondary N) is 2. The number of hydrogen-bond acceptors (Lipinski definition) is 3. The quantitative estimate of drug-likeness (QED) is 0.887. The van der Waals surface area contributed by atoms with Crippen LogP contribution in [-0.4, -0.2) is 24.4 Å². The number of carbonyl (C=O) groups excluding carboxylic acids is 2. The highest BCUT2D eigenvalue weighted by atomic mass is 32.2. The van der Waals surface area contributed by atoms with Gasteiger partial charge in [-0.2, -0.15) is 0 Å². The second kappa shape index (κ2) is 7.33. The molecule has 0 bridgehead atoms. The summed E-state index contributed by atoms with van der Waals surface area (Å²) in [7, 11) is 1.55.